The largest absolute Gasteiger partial charge is 0.374 e. The van der Waals surface area contributed by atoms with Gasteiger partial charge < -0.3 is 14.8 Å². The third kappa shape index (κ3) is 7.31. The van der Waals surface area contributed by atoms with Gasteiger partial charge in [0.1, 0.15) is 0 Å². The Morgan fingerprint density at radius 1 is 1.05 bits per heavy atom. The molecule has 0 heterocycles. The molecule has 0 saturated heterocycles. The van der Waals surface area contributed by atoms with Crippen LogP contribution >= 0.6 is 0 Å². The molecule has 0 radical (unpaired) electrons. The molecule has 3 heteroatoms. The van der Waals surface area contributed by atoms with Gasteiger partial charge in [-0.2, -0.15) is 0 Å². The van der Waals surface area contributed by atoms with Crippen molar-refractivity contribution in [2.24, 2.45) is 0 Å². The Hall–Kier alpha value is -0.900. The summed E-state index contributed by atoms with van der Waals surface area (Å²) in [6.45, 7) is 12.1. The summed E-state index contributed by atoms with van der Waals surface area (Å²) in [6, 6.07) is 8.39. The van der Waals surface area contributed by atoms with Crippen LogP contribution < -0.4 is 5.32 Å². The van der Waals surface area contributed by atoms with Crippen molar-refractivity contribution in [3.05, 3.63) is 35.4 Å². The van der Waals surface area contributed by atoms with E-state index < -0.39 is 0 Å². The van der Waals surface area contributed by atoms with E-state index in [9.17, 15) is 0 Å². The fourth-order valence-electron chi connectivity index (χ4n) is 1.72. The number of nitrogens with one attached hydrogen (secondary N) is 1. The summed E-state index contributed by atoms with van der Waals surface area (Å²) in [5.74, 6) is 0. The Labute approximate surface area is 117 Å². The molecule has 1 aromatic carbocycles. The van der Waals surface area contributed by atoms with Gasteiger partial charge in [0, 0.05) is 6.54 Å². The van der Waals surface area contributed by atoms with Crippen LogP contribution in [0.2, 0.25) is 0 Å². The van der Waals surface area contributed by atoms with E-state index in [0.29, 0.717) is 19.8 Å². The molecule has 0 aliphatic carbocycles. The maximum Gasteiger partial charge on any atom is 0.0721 e. The Bertz CT molecular complexity index is 358. The predicted molar refractivity (Wildman–Crippen MR) is 79.2 cm³/mol. The lowest BCUT2D eigenvalue weighted by atomic mass is 10.1. The van der Waals surface area contributed by atoms with Gasteiger partial charge in [0.15, 0.2) is 0 Å². The van der Waals surface area contributed by atoms with Crippen molar-refractivity contribution in [2.75, 3.05) is 19.8 Å². The van der Waals surface area contributed by atoms with E-state index in [1.807, 2.05) is 0 Å². The number of hydrogen-bond acceptors (Lipinski definition) is 3. The molecule has 0 aliphatic rings. The average Bonchev–Trinajstić information content (AvgIpc) is 2.36. The average molecular weight is 265 g/mol. The Morgan fingerprint density at radius 3 is 2.37 bits per heavy atom. The molecule has 0 amide bonds. The molecule has 19 heavy (non-hydrogen) atoms. The summed E-state index contributed by atoms with van der Waals surface area (Å²) >= 11 is 0. The number of benzene rings is 1. The minimum Gasteiger partial charge on any atom is -0.374 e. The van der Waals surface area contributed by atoms with E-state index in [0.717, 1.165) is 13.1 Å². The van der Waals surface area contributed by atoms with Gasteiger partial charge in [-0.3, -0.25) is 0 Å². The van der Waals surface area contributed by atoms with Gasteiger partial charge in [0.25, 0.3) is 0 Å². The van der Waals surface area contributed by atoms with Crippen LogP contribution in [0.1, 0.15) is 38.8 Å². The van der Waals surface area contributed by atoms with E-state index in [1.54, 1.807) is 0 Å². The van der Waals surface area contributed by atoms with Crippen molar-refractivity contribution >= 4 is 0 Å². The maximum absolute atomic E-state index is 5.68. The van der Waals surface area contributed by atoms with Crippen molar-refractivity contribution in [1.29, 1.82) is 0 Å². The van der Waals surface area contributed by atoms with Crippen LogP contribution in [0.15, 0.2) is 24.3 Å². The molecule has 0 aromatic heterocycles. The molecule has 0 aliphatic heterocycles. The van der Waals surface area contributed by atoms with Crippen LogP contribution in [-0.2, 0) is 22.6 Å². The molecule has 1 aromatic rings. The Balaban J connectivity index is 2.32. The van der Waals surface area contributed by atoms with Crippen molar-refractivity contribution < 1.29 is 9.47 Å². The summed E-state index contributed by atoms with van der Waals surface area (Å²) in [7, 11) is 0. The summed E-state index contributed by atoms with van der Waals surface area (Å²) in [5, 5.41) is 3.35. The van der Waals surface area contributed by atoms with Gasteiger partial charge >= 0.3 is 0 Å². The number of hydrogen-bond donors (Lipinski definition) is 1. The monoisotopic (exact) mass is 265 g/mol. The molecule has 0 spiro atoms. The van der Waals surface area contributed by atoms with Crippen LogP contribution in [0, 0.1) is 0 Å². The minimum atomic E-state index is -0.0910. The summed E-state index contributed by atoms with van der Waals surface area (Å²) < 4.78 is 11.3. The summed E-state index contributed by atoms with van der Waals surface area (Å²) in [5.41, 5.74) is 2.46. The lowest BCUT2D eigenvalue weighted by Crippen LogP contribution is -2.21. The first kappa shape index (κ1) is 16.2. The smallest absolute Gasteiger partial charge is 0.0721 e. The molecule has 3 nitrogen and oxygen atoms in total. The van der Waals surface area contributed by atoms with Crippen molar-refractivity contribution in [3.63, 3.8) is 0 Å². The van der Waals surface area contributed by atoms with E-state index in [2.05, 4.69) is 57.3 Å². The second-order valence-corrected chi connectivity index (χ2v) is 5.56. The molecule has 108 valence electrons. The fraction of sp³-hybridized carbons (Fsp3) is 0.625. The van der Waals surface area contributed by atoms with Gasteiger partial charge in [-0.25, -0.2) is 0 Å². The molecule has 0 saturated carbocycles. The summed E-state index contributed by atoms with van der Waals surface area (Å²) in [4.78, 5) is 0. The van der Waals surface area contributed by atoms with Gasteiger partial charge in [-0.05, 0) is 38.4 Å². The highest BCUT2D eigenvalue weighted by Gasteiger charge is 2.09. The lowest BCUT2D eigenvalue weighted by molar-refractivity contribution is -0.0377. The summed E-state index contributed by atoms with van der Waals surface area (Å²) in [6.07, 6.45) is 0. The molecule has 1 rings (SSSR count). The van der Waals surface area contributed by atoms with Crippen LogP contribution in [0.3, 0.4) is 0 Å². The molecular formula is C16H27NO2. The predicted octanol–water partition coefficient (Wildman–Crippen LogP) is 3.13. The lowest BCUT2D eigenvalue weighted by Gasteiger charge is -2.19. The van der Waals surface area contributed by atoms with E-state index >= 15 is 0 Å². The molecule has 0 fully saturated rings. The second kappa shape index (κ2) is 8.31. The van der Waals surface area contributed by atoms with E-state index in [1.165, 1.54) is 11.1 Å². The first-order valence-corrected chi connectivity index (χ1v) is 7.02. The Kier molecular flexibility index (Phi) is 7.06. The molecule has 0 bridgehead atoms. The van der Waals surface area contributed by atoms with E-state index in [-0.39, 0.29) is 5.60 Å². The van der Waals surface area contributed by atoms with Gasteiger partial charge in [-0.1, -0.05) is 31.2 Å². The zero-order valence-electron chi connectivity index (χ0n) is 12.7. The molecule has 0 atom stereocenters. The maximum atomic E-state index is 5.68. The SMILES string of the molecule is CCNCc1ccccc1COCCOC(C)(C)C. The topological polar surface area (TPSA) is 30.5 Å². The highest BCUT2D eigenvalue weighted by Crippen LogP contribution is 2.10. The van der Waals surface area contributed by atoms with Crippen LogP contribution in [0.4, 0.5) is 0 Å². The normalized spacial score (nSPS) is 11.8. The third-order valence-electron chi connectivity index (χ3n) is 2.70. The second-order valence-electron chi connectivity index (χ2n) is 5.56. The first-order chi connectivity index (χ1) is 9.03. The van der Waals surface area contributed by atoms with Crippen molar-refractivity contribution in [3.8, 4) is 0 Å². The fourth-order valence-corrected chi connectivity index (χ4v) is 1.72. The number of ether oxygens (including phenoxy) is 2. The zero-order chi connectivity index (χ0) is 14.1. The van der Waals surface area contributed by atoms with Gasteiger partial charge in [-0.15, -0.1) is 0 Å². The molecule has 0 unspecified atom stereocenters. The van der Waals surface area contributed by atoms with Crippen LogP contribution in [-0.4, -0.2) is 25.4 Å². The van der Waals surface area contributed by atoms with E-state index in [4.69, 9.17) is 9.47 Å². The third-order valence-corrected chi connectivity index (χ3v) is 2.70. The quantitative estimate of drug-likeness (QED) is 0.733. The van der Waals surface area contributed by atoms with Crippen molar-refractivity contribution in [1.82, 2.24) is 5.32 Å². The minimum absolute atomic E-state index is 0.0910. The zero-order valence-corrected chi connectivity index (χ0v) is 12.7. The van der Waals surface area contributed by atoms with Gasteiger partial charge in [0.2, 0.25) is 0 Å². The molecular weight excluding hydrogens is 238 g/mol. The molecule has 1 N–H and O–H groups in total. The van der Waals surface area contributed by atoms with Crippen LogP contribution in [0.5, 0.6) is 0 Å². The highest BCUT2D eigenvalue weighted by atomic mass is 16.5. The standard InChI is InChI=1S/C16H27NO2/c1-5-17-12-14-8-6-7-9-15(14)13-18-10-11-19-16(2,3)4/h6-9,17H,5,10-13H2,1-4H3. The Morgan fingerprint density at radius 2 is 1.74 bits per heavy atom. The number of rotatable bonds is 8. The van der Waals surface area contributed by atoms with Crippen LogP contribution in [0.25, 0.3) is 0 Å². The van der Waals surface area contributed by atoms with Gasteiger partial charge in [0.05, 0.1) is 25.4 Å². The van der Waals surface area contributed by atoms with Crippen molar-refractivity contribution in [2.45, 2.75) is 46.4 Å². The first-order valence-electron chi connectivity index (χ1n) is 7.02. The highest BCUT2D eigenvalue weighted by molar-refractivity contribution is 5.26.